The lowest BCUT2D eigenvalue weighted by Gasteiger charge is -2.34. The Hall–Kier alpha value is -1.46. The first-order valence-electron chi connectivity index (χ1n) is 7.19. The number of anilines is 1. The van der Waals surface area contributed by atoms with E-state index in [2.05, 4.69) is 17.6 Å². The molecule has 6 heteroatoms. The van der Waals surface area contributed by atoms with E-state index in [0.29, 0.717) is 18.0 Å². The van der Waals surface area contributed by atoms with Gasteiger partial charge in [0.1, 0.15) is 5.75 Å². The van der Waals surface area contributed by atoms with Gasteiger partial charge >= 0.3 is 0 Å². The molecule has 1 aromatic carbocycles. The van der Waals surface area contributed by atoms with Crippen molar-refractivity contribution in [3.05, 3.63) is 23.2 Å². The zero-order valence-electron chi connectivity index (χ0n) is 12.5. The molecule has 0 aromatic heterocycles. The Morgan fingerprint density at radius 3 is 3.10 bits per heavy atom. The van der Waals surface area contributed by atoms with Crippen LogP contribution < -0.4 is 15.4 Å². The highest BCUT2D eigenvalue weighted by atomic mass is 35.5. The smallest absolute Gasteiger partial charge is 0.224 e. The molecule has 1 fully saturated rings. The Kier molecular flexibility index (Phi) is 5.70. The van der Waals surface area contributed by atoms with Crippen LogP contribution in [-0.4, -0.2) is 50.1 Å². The first-order valence-corrected chi connectivity index (χ1v) is 7.57. The molecule has 5 nitrogen and oxygen atoms in total. The van der Waals surface area contributed by atoms with E-state index >= 15 is 0 Å². The minimum Gasteiger partial charge on any atom is -0.495 e. The van der Waals surface area contributed by atoms with Crippen LogP contribution in [0.3, 0.4) is 0 Å². The molecule has 1 unspecified atom stereocenters. The highest BCUT2D eigenvalue weighted by molar-refractivity contribution is 6.30. The van der Waals surface area contributed by atoms with Crippen LogP contribution in [0.5, 0.6) is 5.75 Å². The van der Waals surface area contributed by atoms with E-state index < -0.39 is 0 Å². The number of rotatable bonds is 5. The van der Waals surface area contributed by atoms with Crippen LogP contribution in [0.4, 0.5) is 5.69 Å². The summed E-state index contributed by atoms with van der Waals surface area (Å²) in [5.74, 6) is 0.903. The standard InChI is InChI=1S/C15H22ClN3O2/c1-11-10-17-7-8-19(11)15(20)5-6-18-13-9-12(16)3-4-14(13)21-2/h3-4,9,11,17-18H,5-8,10H2,1-2H3. The number of benzene rings is 1. The second kappa shape index (κ2) is 7.52. The van der Waals surface area contributed by atoms with Gasteiger partial charge in [0.25, 0.3) is 0 Å². The Morgan fingerprint density at radius 2 is 2.38 bits per heavy atom. The lowest BCUT2D eigenvalue weighted by Crippen LogP contribution is -2.52. The zero-order valence-corrected chi connectivity index (χ0v) is 13.2. The van der Waals surface area contributed by atoms with Crippen molar-refractivity contribution in [1.82, 2.24) is 10.2 Å². The number of nitrogens with one attached hydrogen (secondary N) is 2. The number of hydrogen-bond acceptors (Lipinski definition) is 4. The first-order chi connectivity index (χ1) is 10.1. The van der Waals surface area contributed by atoms with E-state index in [0.717, 1.165) is 31.1 Å². The van der Waals surface area contributed by atoms with E-state index in [-0.39, 0.29) is 11.9 Å². The topological polar surface area (TPSA) is 53.6 Å². The van der Waals surface area contributed by atoms with Crippen LogP contribution in [0.2, 0.25) is 5.02 Å². The Labute approximate surface area is 130 Å². The SMILES string of the molecule is COc1ccc(Cl)cc1NCCC(=O)N1CCNCC1C. The summed E-state index contributed by atoms with van der Waals surface area (Å²) in [5.41, 5.74) is 0.811. The van der Waals surface area contributed by atoms with Crippen molar-refractivity contribution in [2.75, 3.05) is 38.6 Å². The molecule has 0 radical (unpaired) electrons. The lowest BCUT2D eigenvalue weighted by atomic mass is 10.2. The number of carbonyl (C=O) groups is 1. The van der Waals surface area contributed by atoms with Crippen molar-refractivity contribution in [1.29, 1.82) is 0 Å². The molecule has 0 spiro atoms. The maximum atomic E-state index is 12.2. The number of carbonyl (C=O) groups excluding carboxylic acids is 1. The normalized spacial score (nSPS) is 18.4. The summed E-state index contributed by atoms with van der Waals surface area (Å²) in [6, 6.07) is 5.65. The molecule has 116 valence electrons. The predicted molar refractivity (Wildman–Crippen MR) is 85.2 cm³/mol. The van der Waals surface area contributed by atoms with Gasteiger partial charge in [-0.15, -0.1) is 0 Å². The summed E-state index contributed by atoms with van der Waals surface area (Å²) < 4.78 is 5.27. The van der Waals surface area contributed by atoms with Gasteiger partial charge in [-0.2, -0.15) is 0 Å². The summed E-state index contributed by atoms with van der Waals surface area (Å²) in [4.78, 5) is 14.2. The van der Waals surface area contributed by atoms with E-state index in [4.69, 9.17) is 16.3 Å². The molecule has 1 saturated heterocycles. The molecule has 1 aliphatic rings. The van der Waals surface area contributed by atoms with E-state index in [1.807, 2.05) is 11.0 Å². The molecule has 1 amide bonds. The van der Waals surface area contributed by atoms with E-state index in [9.17, 15) is 4.79 Å². The van der Waals surface area contributed by atoms with Crippen molar-refractivity contribution < 1.29 is 9.53 Å². The summed E-state index contributed by atoms with van der Waals surface area (Å²) in [6.45, 7) is 5.14. The summed E-state index contributed by atoms with van der Waals surface area (Å²) in [7, 11) is 1.61. The van der Waals surface area contributed by atoms with Crippen molar-refractivity contribution in [2.45, 2.75) is 19.4 Å². The molecule has 0 bridgehead atoms. The van der Waals surface area contributed by atoms with E-state index in [1.54, 1.807) is 19.2 Å². The number of amides is 1. The molecular weight excluding hydrogens is 290 g/mol. The fraction of sp³-hybridized carbons (Fsp3) is 0.533. The van der Waals surface area contributed by atoms with Crippen LogP contribution in [0.25, 0.3) is 0 Å². The molecular formula is C15H22ClN3O2. The number of halogens is 1. The third kappa shape index (κ3) is 4.25. The van der Waals surface area contributed by atoms with Gasteiger partial charge in [-0.3, -0.25) is 4.79 Å². The maximum Gasteiger partial charge on any atom is 0.224 e. The van der Waals surface area contributed by atoms with Gasteiger partial charge < -0.3 is 20.3 Å². The van der Waals surface area contributed by atoms with Gasteiger partial charge in [0, 0.05) is 43.7 Å². The fourth-order valence-electron chi connectivity index (χ4n) is 2.48. The highest BCUT2D eigenvalue weighted by Crippen LogP contribution is 2.27. The van der Waals surface area contributed by atoms with Crippen LogP contribution in [0, 0.1) is 0 Å². The maximum absolute atomic E-state index is 12.2. The van der Waals surface area contributed by atoms with Crippen LogP contribution >= 0.6 is 11.6 Å². The minimum atomic E-state index is 0.178. The largest absolute Gasteiger partial charge is 0.495 e. The van der Waals surface area contributed by atoms with Gasteiger partial charge in [0.2, 0.25) is 5.91 Å². The van der Waals surface area contributed by atoms with Gasteiger partial charge in [-0.25, -0.2) is 0 Å². The number of methoxy groups -OCH3 is 1. The molecule has 0 aliphatic carbocycles. The molecule has 2 rings (SSSR count). The second-order valence-corrected chi connectivity index (χ2v) is 5.60. The second-order valence-electron chi connectivity index (χ2n) is 5.16. The van der Waals surface area contributed by atoms with Gasteiger partial charge in [0.15, 0.2) is 0 Å². The summed E-state index contributed by atoms with van der Waals surface area (Å²) >= 11 is 5.98. The average molecular weight is 312 g/mol. The molecule has 1 atom stereocenters. The van der Waals surface area contributed by atoms with Crippen molar-refractivity contribution >= 4 is 23.2 Å². The Bertz CT molecular complexity index is 496. The van der Waals surface area contributed by atoms with Crippen LogP contribution in [0.15, 0.2) is 18.2 Å². The quantitative estimate of drug-likeness (QED) is 0.873. The third-order valence-electron chi connectivity index (χ3n) is 3.64. The van der Waals surface area contributed by atoms with Crippen molar-refractivity contribution in [3.8, 4) is 5.75 Å². The van der Waals surface area contributed by atoms with Crippen LogP contribution in [0.1, 0.15) is 13.3 Å². The summed E-state index contributed by atoms with van der Waals surface area (Å²) in [5, 5.41) is 7.14. The fourth-order valence-corrected chi connectivity index (χ4v) is 2.65. The Balaban J connectivity index is 1.86. The first kappa shape index (κ1) is 15.9. The van der Waals surface area contributed by atoms with Gasteiger partial charge in [0.05, 0.1) is 12.8 Å². The molecule has 0 saturated carbocycles. The van der Waals surface area contributed by atoms with Crippen molar-refractivity contribution in [2.24, 2.45) is 0 Å². The zero-order chi connectivity index (χ0) is 15.2. The molecule has 21 heavy (non-hydrogen) atoms. The third-order valence-corrected chi connectivity index (χ3v) is 3.87. The number of hydrogen-bond donors (Lipinski definition) is 2. The Morgan fingerprint density at radius 1 is 1.57 bits per heavy atom. The minimum absolute atomic E-state index is 0.178. The number of nitrogens with zero attached hydrogens (tertiary/aromatic N) is 1. The average Bonchev–Trinajstić information content (AvgIpc) is 2.48. The molecule has 1 aromatic rings. The highest BCUT2D eigenvalue weighted by Gasteiger charge is 2.22. The number of ether oxygens (including phenoxy) is 1. The predicted octanol–water partition coefficient (Wildman–Crippen LogP) is 1.97. The monoisotopic (exact) mass is 311 g/mol. The lowest BCUT2D eigenvalue weighted by molar-refractivity contribution is -0.133. The molecule has 1 heterocycles. The van der Waals surface area contributed by atoms with Gasteiger partial charge in [-0.1, -0.05) is 11.6 Å². The van der Waals surface area contributed by atoms with E-state index in [1.165, 1.54) is 0 Å². The molecule has 1 aliphatic heterocycles. The van der Waals surface area contributed by atoms with Gasteiger partial charge in [-0.05, 0) is 25.1 Å². The van der Waals surface area contributed by atoms with Crippen LogP contribution in [-0.2, 0) is 4.79 Å². The molecule has 2 N–H and O–H groups in total. The number of piperazine rings is 1. The summed E-state index contributed by atoms with van der Waals surface area (Å²) in [6.07, 6.45) is 0.458. The van der Waals surface area contributed by atoms with Crippen molar-refractivity contribution in [3.63, 3.8) is 0 Å².